The molecular formula is C15H11NaO2. The van der Waals surface area contributed by atoms with Crippen LogP contribution in [0.4, 0.5) is 0 Å². The summed E-state index contributed by atoms with van der Waals surface area (Å²) in [6.07, 6.45) is 1.13. The molecule has 0 bridgehead atoms. The molecule has 0 atom stereocenters. The van der Waals surface area contributed by atoms with E-state index in [2.05, 4.69) is 0 Å². The number of hydrogen-bond acceptors (Lipinski definition) is 2. The van der Waals surface area contributed by atoms with E-state index in [4.69, 9.17) is 0 Å². The van der Waals surface area contributed by atoms with Crippen LogP contribution in [-0.2, 0) is 4.79 Å². The van der Waals surface area contributed by atoms with Crippen molar-refractivity contribution in [3.05, 3.63) is 77.9 Å². The molecule has 0 saturated carbocycles. The monoisotopic (exact) mass is 246 g/mol. The molecule has 0 aliphatic carbocycles. The van der Waals surface area contributed by atoms with Gasteiger partial charge in [-0.3, -0.25) is 0 Å². The van der Waals surface area contributed by atoms with Gasteiger partial charge in [-0.1, -0.05) is 60.7 Å². The molecule has 18 heavy (non-hydrogen) atoms. The van der Waals surface area contributed by atoms with E-state index in [0.29, 0.717) is 5.57 Å². The maximum absolute atomic E-state index is 10.8. The summed E-state index contributed by atoms with van der Waals surface area (Å²) in [5.41, 5.74) is 2.39. The second-order valence-corrected chi connectivity index (χ2v) is 3.61. The van der Waals surface area contributed by atoms with Crippen LogP contribution in [0.15, 0.2) is 66.7 Å². The van der Waals surface area contributed by atoms with Crippen molar-refractivity contribution in [1.82, 2.24) is 0 Å². The molecule has 0 amide bonds. The molecule has 0 radical (unpaired) electrons. The minimum absolute atomic E-state index is 0. The summed E-state index contributed by atoms with van der Waals surface area (Å²) in [5, 5.41) is 10.8. The van der Waals surface area contributed by atoms with Gasteiger partial charge in [0.25, 0.3) is 0 Å². The fourth-order valence-electron chi connectivity index (χ4n) is 1.69. The van der Waals surface area contributed by atoms with Crippen LogP contribution in [0, 0.1) is 0 Å². The molecule has 0 aliphatic rings. The summed E-state index contributed by atoms with van der Waals surface area (Å²) in [7, 11) is 0. The minimum atomic E-state index is -1.19. The zero-order chi connectivity index (χ0) is 12.1. The van der Waals surface area contributed by atoms with Crippen molar-refractivity contribution in [3.63, 3.8) is 0 Å². The quantitative estimate of drug-likeness (QED) is 0.508. The van der Waals surface area contributed by atoms with Gasteiger partial charge in [0.05, 0.1) is 5.97 Å². The molecule has 0 heterocycles. The first kappa shape index (κ1) is 14.7. The molecule has 0 unspecified atom stereocenters. The number of rotatable bonds is 3. The average Bonchev–Trinajstić information content (AvgIpc) is 2.38. The number of hydrogen-bond donors (Lipinski definition) is 0. The van der Waals surface area contributed by atoms with Crippen LogP contribution in [0.1, 0.15) is 11.1 Å². The van der Waals surface area contributed by atoms with E-state index in [1.165, 1.54) is 0 Å². The molecule has 0 spiro atoms. The molecule has 84 valence electrons. The van der Waals surface area contributed by atoms with E-state index in [9.17, 15) is 9.90 Å². The van der Waals surface area contributed by atoms with Crippen LogP contribution in [-0.4, -0.2) is 5.97 Å². The van der Waals surface area contributed by atoms with Crippen LogP contribution < -0.4 is 34.7 Å². The largest absolute Gasteiger partial charge is 1.00 e. The van der Waals surface area contributed by atoms with Crippen molar-refractivity contribution in [3.8, 4) is 0 Å². The molecule has 0 aliphatic heterocycles. The second kappa shape index (κ2) is 7.17. The first-order chi connectivity index (χ1) is 8.27. The maximum atomic E-state index is 10.8. The van der Waals surface area contributed by atoms with E-state index in [-0.39, 0.29) is 29.6 Å². The molecule has 2 rings (SSSR count). The first-order valence-electron chi connectivity index (χ1n) is 5.31. The van der Waals surface area contributed by atoms with Gasteiger partial charge in [0.15, 0.2) is 0 Å². The van der Waals surface area contributed by atoms with Gasteiger partial charge in [-0.2, -0.15) is 0 Å². The summed E-state index contributed by atoms with van der Waals surface area (Å²) in [4.78, 5) is 10.8. The van der Waals surface area contributed by atoms with Crippen LogP contribution in [0.5, 0.6) is 0 Å². The van der Waals surface area contributed by atoms with Crippen LogP contribution in [0.3, 0.4) is 0 Å². The molecule has 0 aromatic heterocycles. The predicted octanol–water partition coefficient (Wildman–Crippen LogP) is -1.13. The van der Waals surface area contributed by atoms with E-state index in [0.717, 1.165) is 17.2 Å². The van der Waals surface area contributed by atoms with Crippen LogP contribution in [0.25, 0.3) is 5.57 Å². The topological polar surface area (TPSA) is 40.1 Å². The molecule has 3 heteroatoms. The average molecular weight is 246 g/mol. The Kier molecular flexibility index (Phi) is 5.86. The van der Waals surface area contributed by atoms with Crippen molar-refractivity contribution in [1.29, 1.82) is 0 Å². The Labute approximate surface area is 128 Å². The van der Waals surface area contributed by atoms with Crippen molar-refractivity contribution in [2.45, 2.75) is 0 Å². The van der Waals surface area contributed by atoms with Crippen molar-refractivity contribution in [2.75, 3.05) is 0 Å². The first-order valence-corrected chi connectivity index (χ1v) is 5.31. The summed E-state index contributed by atoms with van der Waals surface area (Å²) < 4.78 is 0. The smallest absolute Gasteiger partial charge is 0.545 e. The van der Waals surface area contributed by atoms with E-state index in [1.807, 2.05) is 60.7 Å². The van der Waals surface area contributed by atoms with E-state index in [1.54, 1.807) is 0 Å². The third kappa shape index (κ3) is 3.84. The van der Waals surface area contributed by atoms with Crippen molar-refractivity contribution < 1.29 is 39.5 Å². The Morgan fingerprint density at radius 2 is 1.22 bits per heavy atom. The summed E-state index contributed by atoms with van der Waals surface area (Å²) in [6.45, 7) is 0. The Morgan fingerprint density at radius 3 is 1.56 bits per heavy atom. The molecule has 0 fully saturated rings. The van der Waals surface area contributed by atoms with Gasteiger partial charge in [0.2, 0.25) is 0 Å². The zero-order valence-electron chi connectivity index (χ0n) is 10.2. The van der Waals surface area contributed by atoms with Crippen molar-refractivity contribution >= 4 is 11.5 Å². The Morgan fingerprint density at radius 1 is 0.833 bits per heavy atom. The number of benzene rings is 2. The predicted molar refractivity (Wildman–Crippen MR) is 65.0 cm³/mol. The fraction of sp³-hybridized carbons (Fsp3) is 0. The normalized spacial score (nSPS) is 9.11. The number of carbonyl (C=O) groups excluding carboxylic acids is 1. The second-order valence-electron chi connectivity index (χ2n) is 3.61. The third-order valence-electron chi connectivity index (χ3n) is 2.43. The summed E-state index contributed by atoms with van der Waals surface area (Å²) in [5.74, 6) is -1.19. The standard InChI is InChI=1S/C15H12O2.Na/c16-15(17)11-14(12-7-3-1-4-8-12)13-9-5-2-6-10-13;/h1-11H,(H,16,17);/q;+1/p-1. The fourth-order valence-corrected chi connectivity index (χ4v) is 1.69. The number of aliphatic carboxylic acids is 1. The molecule has 0 saturated heterocycles. The van der Waals surface area contributed by atoms with Gasteiger partial charge in [0, 0.05) is 0 Å². The zero-order valence-corrected chi connectivity index (χ0v) is 12.2. The van der Waals surface area contributed by atoms with E-state index >= 15 is 0 Å². The van der Waals surface area contributed by atoms with Gasteiger partial charge < -0.3 is 9.90 Å². The number of carboxylic acids is 1. The summed E-state index contributed by atoms with van der Waals surface area (Å²) in [6, 6.07) is 18.8. The number of carbonyl (C=O) groups is 1. The maximum Gasteiger partial charge on any atom is 1.00 e. The Balaban J connectivity index is 0.00000162. The summed E-state index contributed by atoms with van der Waals surface area (Å²) >= 11 is 0. The van der Waals surface area contributed by atoms with E-state index < -0.39 is 5.97 Å². The van der Waals surface area contributed by atoms with Crippen LogP contribution in [0.2, 0.25) is 0 Å². The van der Waals surface area contributed by atoms with Crippen molar-refractivity contribution in [2.24, 2.45) is 0 Å². The molecule has 0 N–H and O–H groups in total. The molecular weight excluding hydrogens is 235 g/mol. The number of carboxylic acid groups (broad SMARTS) is 1. The van der Waals surface area contributed by atoms with Gasteiger partial charge in [0.1, 0.15) is 0 Å². The van der Waals surface area contributed by atoms with Gasteiger partial charge >= 0.3 is 29.6 Å². The third-order valence-corrected chi connectivity index (χ3v) is 2.43. The molecule has 2 aromatic rings. The molecule has 2 aromatic carbocycles. The Hall–Kier alpha value is -1.35. The molecule has 2 nitrogen and oxygen atoms in total. The Bertz CT molecular complexity index is 491. The minimum Gasteiger partial charge on any atom is -0.545 e. The van der Waals surface area contributed by atoms with Crippen LogP contribution >= 0.6 is 0 Å². The van der Waals surface area contributed by atoms with Gasteiger partial charge in [-0.15, -0.1) is 0 Å². The SMILES string of the molecule is O=C([O-])C=C(c1ccccc1)c1ccccc1.[Na+]. The van der Waals surface area contributed by atoms with Gasteiger partial charge in [-0.25, -0.2) is 0 Å². The van der Waals surface area contributed by atoms with Gasteiger partial charge in [-0.05, 0) is 22.8 Å².